The lowest BCUT2D eigenvalue weighted by molar-refractivity contribution is -0.123. The van der Waals surface area contributed by atoms with Crippen LogP contribution in [0.25, 0.3) is 0 Å². The van der Waals surface area contributed by atoms with Gasteiger partial charge in [0.25, 0.3) is 0 Å². The average Bonchev–Trinajstić information content (AvgIpc) is 3.34. The van der Waals surface area contributed by atoms with Gasteiger partial charge in [-0.25, -0.2) is 4.79 Å². The van der Waals surface area contributed by atoms with E-state index in [1.54, 1.807) is 20.9 Å². The Morgan fingerprint density at radius 3 is 2.45 bits per heavy atom. The molecule has 202 valence electrons. The van der Waals surface area contributed by atoms with E-state index in [0.717, 1.165) is 29.2 Å². The Labute approximate surface area is 223 Å². The smallest absolute Gasteiger partial charge is 0.406 e. The fourth-order valence-corrected chi connectivity index (χ4v) is 4.87. The number of rotatable bonds is 11. The fourth-order valence-electron chi connectivity index (χ4n) is 4.87. The van der Waals surface area contributed by atoms with Crippen molar-refractivity contribution in [3.63, 3.8) is 0 Å². The number of fused-ring (bicyclic) bond motifs is 1. The van der Waals surface area contributed by atoms with Gasteiger partial charge in [0.1, 0.15) is 18.3 Å². The highest BCUT2D eigenvalue weighted by Gasteiger charge is 2.41. The summed E-state index contributed by atoms with van der Waals surface area (Å²) in [4.78, 5) is 24.9. The van der Waals surface area contributed by atoms with Gasteiger partial charge in [0.2, 0.25) is 0 Å². The summed E-state index contributed by atoms with van der Waals surface area (Å²) in [5.41, 5.74) is 6.89. The number of nitrogens with zero attached hydrogens (tertiary/aromatic N) is 3. The van der Waals surface area contributed by atoms with Gasteiger partial charge in [-0.3, -0.25) is 4.79 Å². The van der Waals surface area contributed by atoms with Gasteiger partial charge in [-0.05, 0) is 31.4 Å². The van der Waals surface area contributed by atoms with E-state index in [2.05, 4.69) is 32.2 Å². The predicted octanol–water partition coefficient (Wildman–Crippen LogP) is 3.52. The van der Waals surface area contributed by atoms with Crippen LogP contribution in [0, 0.1) is 0 Å². The van der Waals surface area contributed by atoms with E-state index in [9.17, 15) is 9.59 Å². The number of nitrogens with two attached hydrogens (primary N) is 1. The number of ether oxygens (including phenoxy) is 2. The molecule has 2 heterocycles. The van der Waals surface area contributed by atoms with Gasteiger partial charge >= 0.3 is 6.09 Å². The van der Waals surface area contributed by atoms with Crippen LogP contribution in [0.5, 0.6) is 0 Å². The molecule has 1 aromatic heterocycles. The van der Waals surface area contributed by atoms with Crippen LogP contribution in [-0.4, -0.2) is 52.4 Å². The summed E-state index contributed by atoms with van der Waals surface area (Å²) >= 11 is 0. The second-order valence-electron chi connectivity index (χ2n) is 10.6. The molecule has 1 unspecified atom stereocenters. The number of benzene rings is 2. The van der Waals surface area contributed by atoms with Gasteiger partial charge in [0, 0.05) is 37.8 Å². The number of ketones is 1. The molecule has 0 aliphatic carbocycles. The van der Waals surface area contributed by atoms with Crippen molar-refractivity contribution in [2.45, 2.75) is 63.1 Å². The van der Waals surface area contributed by atoms with E-state index in [1.165, 1.54) is 0 Å². The molecular formula is C29H37N5O4. The molecule has 0 saturated heterocycles. The second-order valence-corrected chi connectivity index (χ2v) is 10.6. The summed E-state index contributed by atoms with van der Waals surface area (Å²) in [5.74, 6) is 1.17. The van der Waals surface area contributed by atoms with E-state index >= 15 is 0 Å². The Bertz CT molecular complexity index is 1220. The summed E-state index contributed by atoms with van der Waals surface area (Å²) in [6.07, 6.45) is 1.01. The van der Waals surface area contributed by atoms with Crippen LogP contribution >= 0.6 is 0 Å². The van der Waals surface area contributed by atoms with Gasteiger partial charge in [-0.15, -0.1) is 10.2 Å². The fraction of sp³-hybridized carbons (Fsp3) is 0.448. The van der Waals surface area contributed by atoms with Crippen molar-refractivity contribution in [1.82, 2.24) is 20.1 Å². The second kappa shape index (κ2) is 11.9. The maximum absolute atomic E-state index is 12.9. The zero-order chi connectivity index (χ0) is 27.2. The number of hydrogen-bond acceptors (Lipinski definition) is 7. The highest BCUT2D eigenvalue weighted by molar-refractivity contribution is 5.87. The van der Waals surface area contributed by atoms with E-state index in [4.69, 9.17) is 15.2 Å². The lowest BCUT2D eigenvalue weighted by Crippen LogP contribution is -2.43. The SMILES string of the molecule is CNC(=O)OCC1(c2ccccc2)CCn2c(nnc2[C@@H](COCc2ccccc2)CC(=O)C(C)(C)N)C1. The summed E-state index contributed by atoms with van der Waals surface area (Å²) in [7, 11) is 1.55. The van der Waals surface area contributed by atoms with Crippen molar-refractivity contribution in [3.05, 3.63) is 83.4 Å². The number of Topliss-reactive ketones (excluding diaryl/α,β-unsaturated/α-hetero) is 1. The van der Waals surface area contributed by atoms with Crippen molar-refractivity contribution in [2.75, 3.05) is 20.3 Å². The number of carbonyl (C=O) groups is 2. The molecular weight excluding hydrogens is 482 g/mol. The third-order valence-electron chi connectivity index (χ3n) is 7.18. The van der Waals surface area contributed by atoms with E-state index in [0.29, 0.717) is 26.2 Å². The van der Waals surface area contributed by atoms with Crippen LogP contribution in [0.1, 0.15) is 55.4 Å². The topological polar surface area (TPSA) is 121 Å². The number of aromatic nitrogens is 3. The van der Waals surface area contributed by atoms with Crippen molar-refractivity contribution in [1.29, 1.82) is 0 Å². The molecule has 9 nitrogen and oxygen atoms in total. The Hall–Kier alpha value is -3.56. The van der Waals surface area contributed by atoms with E-state index in [-0.39, 0.29) is 24.7 Å². The first kappa shape index (κ1) is 27.5. The number of carbonyl (C=O) groups excluding carboxylic acids is 2. The molecule has 2 atom stereocenters. The minimum atomic E-state index is -0.956. The minimum Gasteiger partial charge on any atom is -0.449 e. The number of hydrogen-bond donors (Lipinski definition) is 2. The molecule has 0 saturated carbocycles. The first-order valence-corrected chi connectivity index (χ1v) is 13.0. The maximum atomic E-state index is 12.9. The molecule has 0 bridgehead atoms. The predicted molar refractivity (Wildman–Crippen MR) is 144 cm³/mol. The zero-order valence-corrected chi connectivity index (χ0v) is 22.4. The third kappa shape index (κ3) is 6.46. The highest BCUT2D eigenvalue weighted by atomic mass is 16.5. The third-order valence-corrected chi connectivity index (χ3v) is 7.18. The normalized spacial score (nSPS) is 17.9. The molecule has 1 aliphatic rings. The van der Waals surface area contributed by atoms with Gasteiger partial charge < -0.3 is 25.1 Å². The van der Waals surface area contributed by atoms with Crippen LogP contribution < -0.4 is 11.1 Å². The van der Waals surface area contributed by atoms with E-state index in [1.807, 2.05) is 48.5 Å². The number of amides is 1. The molecule has 3 aromatic rings. The van der Waals surface area contributed by atoms with Crippen LogP contribution in [-0.2, 0) is 39.3 Å². The van der Waals surface area contributed by atoms with Crippen LogP contribution in [0.2, 0.25) is 0 Å². The molecule has 2 aromatic carbocycles. The van der Waals surface area contributed by atoms with Crippen molar-refractivity contribution >= 4 is 11.9 Å². The molecule has 0 radical (unpaired) electrons. The van der Waals surface area contributed by atoms with Crippen LogP contribution in [0.15, 0.2) is 60.7 Å². The Morgan fingerprint density at radius 1 is 1.11 bits per heavy atom. The van der Waals surface area contributed by atoms with Gasteiger partial charge in [-0.1, -0.05) is 60.7 Å². The zero-order valence-electron chi connectivity index (χ0n) is 22.4. The molecule has 1 amide bonds. The first-order chi connectivity index (χ1) is 18.2. The summed E-state index contributed by atoms with van der Waals surface area (Å²) < 4.78 is 13.7. The van der Waals surface area contributed by atoms with Crippen LogP contribution in [0.3, 0.4) is 0 Å². The first-order valence-electron chi connectivity index (χ1n) is 13.0. The van der Waals surface area contributed by atoms with Crippen molar-refractivity contribution in [3.8, 4) is 0 Å². The largest absolute Gasteiger partial charge is 0.449 e. The number of nitrogens with one attached hydrogen (secondary N) is 1. The Morgan fingerprint density at radius 2 is 1.79 bits per heavy atom. The summed E-state index contributed by atoms with van der Waals surface area (Å²) in [6.45, 7) is 5.04. The lowest BCUT2D eigenvalue weighted by atomic mass is 9.73. The molecule has 4 rings (SSSR count). The summed E-state index contributed by atoms with van der Waals surface area (Å²) in [6, 6.07) is 20.0. The van der Waals surface area contributed by atoms with Crippen LogP contribution in [0.4, 0.5) is 4.79 Å². The molecule has 0 spiro atoms. The summed E-state index contributed by atoms with van der Waals surface area (Å²) in [5, 5.41) is 11.6. The van der Waals surface area contributed by atoms with Gasteiger partial charge in [0.15, 0.2) is 5.78 Å². The van der Waals surface area contributed by atoms with Gasteiger partial charge in [0.05, 0.1) is 18.8 Å². The minimum absolute atomic E-state index is 0.0587. The lowest BCUT2D eigenvalue weighted by Gasteiger charge is -2.37. The quantitative estimate of drug-likeness (QED) is 0.398. The average molecular weight is 520 g/mol. The standard InChI is InChI=1S/C29H37N5O4/c1-28(2,30)24(35)16-22(19-37-18-21-10-6-4-7-11-21)26-33-32-25-17-29(14-15-34(25)26,20-38-27(36)31-3)23-12-8-5-9-13-23/h4-13,22H,14-20,30H2,1-3H3,(H,31,36)/t22-,29?/m1/s1. The van der Waals surface area contributed by atoms with E-state index < -0.39 is 17.0 Å². The molecule has 38 heavy (non-hydrogen) atoms. The molecule has 9 heteroatoms. The highest BCUT2D eigenvalue weighted by Crippen LogP contribution is 2.38. The molecule has 3 N–H and O–H groups in total. The number of alkyl carbamates (subject to hydrolysis) is 1. The molecule has 1 aliphatic heterocycles. The maximum Gasteiger partial charge on any atom is 0.406 e. The monoisotopic (exact) mass is 519 g/mol. The Balaban J connectivity index is 1.58. The van der Waals surface area contributed by atoms with Crippen molar-refractivity contribution < 1.29 is 19.1 Å². The van der Waals surface area contributed by atoms with Gasteiger partial charge in [-0.2, -0.15) is 0 Å². The molecule has 0 fully saturated rings. The Kier molecular flexibility index (Phi) is 8.58. The van der Waals surface area contributed by atoms with Crippen molar-refractivity contribution in [2.24, 2.45) is 5.73 Å².